The second-order valence-corrected chi connectivity index (χ2v) is 11.0. The number of piperidine rings is 2. The highest BCUT2D eigenvalue weighted by Crippen LogP contribution is 2.25. The molecule has 0 N–H and O–H groups in total. The molecule has 1 aromatic heterocycles. The van der Waals surface area contributed by atoms with Gasteiger partial charge in [0.2, 0.25) is 10.0 Å². The molecular formula is C24H32N4O4S. The topological polar surface area (TPSA) is 83.1 Å². The Hall–Kier alpha value is -2.49. The average Bonchev–Trinajstić information content (AvgIpc) is 2.85. The Balaban J connectivity index is 1.25. The lowest BCUT2D eigenvalue weighted by atomic mass is 9.98. The first kappa shape index (κ1) is 23.7. The van der Waals surface area contributed by atoms with Crippen molar-refractivity contribution in [2.24, 2.45) is 0 Å². The number of hydrogen-bond acceptors (Lipinski definition) is 6. The van der Waals surface area contributed by atoms with E-state index in [0.717, 1.165) is 44.5 Å². The van der Waals surface area contributed by atoms with E-state index in [-0.39, 0.29) is 16.9 Å². The minimum absolute atomic E-state index is 0.0355. The van der Waals surface area contributed by atoms with Gasteiger partial charge in [0.05, 0.1) is 4.90 Å². The van der Waals surface area contributed by atoms with E-state index in [2.05, 4.69) is 9.88 Å². The second kappa shape index (κ2) is 10.2. The first-order valence-electron chi connectivity index (χ1n) is 11.5. The summed E-state index contributed by atoms with van der Waals surface area (Å²) in [4.78, 5) is 21.6. The Bertz CT molecular complexity index is 1030. The van der Waals surface area contributed by atoms with E-state index in [4.69, 9.17) is 4.74 Å². The van der Waals surface area contributed by atoms with Gasteiger partial charge in [0.1, 0.15) is 11.9 Å². The van der Waals surface area contributed by atoms with E-state index >= 15 is 0 Å². The van der Waals surface area contributed by atoms with Crippen molar-refractivity contribution in [3.05, 3.63) is 54.4 Å². The minimum Gasteiger partial charge on any atom is -0.490 e. The molecule has 9 heteroatoms. The van der Waals surface area contributed by atoms with Gasteiger partial charge in [-0.2, -0.15) is 0 Å². The van der Waals surface area contributed by atoms with Crippen molar-refractivity contribution in [1.29, 1.82) is 0 Å². The summed E-state index contributed by atoms with van der Waals surface area (Å²) in [5, 5.41) is 0. The van der Waals surface area contributed by atoms with Crippen molar-refractivity contribution in [2.75, 3.05) is 40.3 Å². The lowest BCUT2D eigenvalue weighted by molar-refractivity contribution is 0.0425. The first-order chi connectivity index (χ1) is 15.8. The van der Waals surface area contributed by atoms with Crippen LogP contribution in [0.2, 0.25) is 0 Å². The van der Waals surface area contributed by atoms with Gasteiger partial charge in [0.25, 0.3) is 5.91 Å². The van der Waals surface area contributed by atoms with Crippen LogP contribution in [0.5, 0.6) is 5.75 Å². The zero-order valence-electron chi connectivity index (χ0n) is 19.3. The third-order valence-electron chi connectivity index (χ3n) is 6.58. The fourth-order valence-electron chi connectivity index (χ4n) is 4.56. The summed E-state index contributed by atoms with van der Waals surface area (Å²) >= 11 is 0. The Labute approximate surface area is 196 Å². The fraction of sp³-hybridized carbons (Fsp3) is 0.500. The van der Waals surface area contributed by atoms with Crippen molar-refractivity contribution >= 4 is 15.9 Å². The number of hydrogen-bond donors (Lipinski definition) is 0. The number of aromatic nitrogens is 1. The van der Waals surface area contributed by atoms with Crippen LogP contribution in [0.15, 0.2) is 53.7 Å². The molecule has 0 saturated carbocycles. The van der Waals surface area contributed by atoms with Crippen LogP contribution < -0.4 is 4.74 Å². The number of likely N-dealkylation sites (tertiary alicyclic amines) is 2. The van der Waals surface area contributed by atoms with Crippen LogP contribution in [0.3, 0.4) is 0 Å². The first-order valence-corrected chi connectivity index (χ1v) is 12.9. The fourth-order valence-corrected chi connectivity index (χ4v) is 5.47. The highest BCUT2D eigenvalue weighted by atomic mass is 32.2. The number of pyridine rings is 1. The number of ether oxygens (including phenoxy) is 1. The molecule has 33 heavy (non-hydrogen) atoms. The van der Waals surface area contributed by atoms with E-state index in [1.54, 1.807) is 24.5 Å². The van der Waals surface area contributed by atoms with E-state index in [1.165, 1.54) is 30.5 Å². The van der Waals surface area contributed by atoms with Crippen LogP contribution >= 0.6 is 0 Å². The van der Waals surface area contributed by atoms with Gasteiger partial charge in [-0.1, -0.05) is 0 Å². The summed E-state index contributed by atoms with van der Waals surface area (Å²) in [7, 11) is -0.504. The van der Waals surface area contributed by atoms with Crippen LogP contribution in [0, 0.1) is 0 Å². The molecule has 0 radical (unpaired) electrons. The summed E-state index contributed by atoms with van der Waals surface area (Å²) in [5.41, 5.74) is 0.528. The molecule has 2 aliphatic heterocycles. The lowest BCUT2D eigenvalue weighted by Crippen LogP contribution is -2.50. The van der Waals surface area contributed by atoms with Gasteiger partial charge in [-0.05, 0) is 62.1 Å². The Kier molecular flexibility index (Phi) is 7.31. The van der Waals surface area contributed by atoms with E-state index < -0.39 is 10.0 Å². The highest BCUT2D eigenvalue weighted by Gasteiger charge is 2.30. The molecule has 1 aromatic carbocycles. The molecule has 178 valence electrons. The monoisotopic (exact) mass is 472 g/mol. The van der Waals surface area contributed by atoms with Crippen molar-refractivity contribution in [1.82, 2.24) is 19.1 Å². The second-order valence-electron chi connectivity index (χ2n) is 8.87. The van der Waals surface area contributed by atoms with E-state index in [1.807, 2.05) is 17.0 Å². The molecule has 2 fully saturated rings. The number of rotatable bonds is 6. The molecule has 3 heterocycles. The number of benzene rings is 1. The van der Waals surface area contributed by atoms with Crippen molar-refractivity contribution in [3.63, 3.8) is 0 Å². The van der Waals surface area contributed by atoms with Gasteiger partial charge >= 0.3 is 0 Å². The minimum atomic E-state index is -3.49. The number of carbonyl (C=O) groups is 1. The summed E-state index contributed by atoms with van der Waals surface area (Å²) in [6.45, 7) is 3.45. The molecule has 0 spiro atoms. The van der Waals surface area contributed by atoms with E-state index in [9.17, 15) is 13.2 Å². The standard InChI is InChI=1S/C24H32N4O4S/c1-26(2)33(30,31)23-5-3-19(4-6-23)24(29)28-15-9-20(10-16-28)27-17-11-22(12-18-27)32-21-7-13-25-14-8-21/h3-8,13-14,20,22H,9-12,15-18H2,1-2H3. The quantitative estimate of drug-likeness (QED) is 0.642. The highest BCUT2D eigenvalue weighted by molar-refractivity contribution is 7.89. The zero-order chi connectivity index (χ0) is 23.4. The van der Waals surface area contributed by atoms with Gasteiger partial charge in [0.15, 0.2) is 0 Å². The maximum atomic E-state index is 12.9. The average molecular weight is 473 g/mol. The van der Waals surface area contributed by atoms with Gasteiger partial charge in [-0.25, -0.2) is 12.7 Å². The Morgan fingerprint density at radius 2 is 1.55 bits per heavy atom. The van der Waals surface area contributed by atoms with Crippen LogP contribution in [0.1, 0.15) is 36.0 Å². The molecule has 2 saturated heterocycles. The largest absolute Gasteiger partial charge is 0.490 e. The van der Waals surface area contributed by atoms with Crippen molar-refractivity contribution in [3.8, 4) is 5.75 Å². The SMILES string of the molecule is CN(C)S(=O)(=O)c1ccc(C(=O)N2CCC(N3CCC(Oc4ccncc4)CC3)CC2)cc1. The van der Waals surface area contributed by atoms with Gasteiger partial charge in [-0.3, -0.25) is 14.7 Å². The predicted octanol–water partition coefficient (Wildman–Crippen LogP) is 2.48. The molecule has 2 aliphatic rings. The van der Waals surface area contributed by atoms with Gasteiger partial charge in [-0.15, -0.1) is 0 Å². The third-order valence-corrected chi connectivity index (χ3v) is 8.41. The third kappa shape index (κ3) is 5.54. The number of carbonyl (C=O) groups excluding carboxylic acids is 1. The molecule has 2 aromatic rings. The molecule has 0 aliphatic carbocycles. The summed E-state index contributed by atoms with van der Waals surface area (Å²) in [6, 6.07) is 10.5. The molecule has 0 atom stereocenters. The smallest absolute Gasteiger partial charge is 0.253 e. The zero-order valence-corrected chi connectivity index (χ0v) is 20.1. The van der Waals surface area contributed by atoms with Crippen molar-refractivity contribution < 1.29 is 17.9 Å². The Morgan fingerprint density at radius 3 is 2.12 bits per heavy atom. The van der Waals surface area contributed by atoms with Crippen LogP contribution in [0.25, 0.3) is 0 Å². The molecule has 0 unspecified atom stereocenters. The van der Waals surface area contributed by atoms with Crippen LogP contribution in [0.4, 0.5) is 0 Å². The maximum absolute atomic E-state index is 12.9. The Morgan fingerprint density at radius 1 is 0.939 bits per heavy atom. The summed E-state index contributed by atoms with van der Waals surface area (Å²) in [6.07, 6.45) is 7.65. The molecule has 4 rings (SSSR count). The summed E-state index contributed by atoms with van der Waals surface area (Å²) in [5.74, 6) is 0.842. The molecule has 8 nitrogen and oxygen atoms in total. The normalized spacial score (nSPS) is 19.1. The van der Waals surface area contributed by atoms with Gasteiger partial charge in [0, 0.05) is 64.3 Å². The molecule has 0 bridgehead atoms. The molecular weight excluding hydrogens is 440 g/mol. The number of sulfonamides is 1. The molecule has 1 amide bonds. The lowest BCUT2D eigenvalue weighted by Gasteiger charge is -2.41. The predicted molar refractivity (Wildman–Crippen MR) is 126 cm³/mol. The van der Waals surface area contributed by atoms with E-state index in [0.29, 0.717) is 24.7 Å². The number of nitrogens with zero attached hydrogens (tertiary/aromatic N) is 4. The van der Waals surface area contributed by atoms with Crippen LogP contribution in [-0.2, 0) is 10.0 Å². The maximum Gasteiger partial charge on any atom is 0.253 e. The summed E-state index contributed by atoms with van der Waals surface area (Å²) < 4.78 is 31.7. The van der Waals surface area contributed by atoms with Crippen LogP contribution in [-0.4, -0.2) is 85.8 Å². The van der Waals surface area contributed by atoms with Gasteiger partial charge < -0.3 is 9.64 Å². The van der Waals surface area contributed by atoms with Crippen molar-refractivity contribution in [2.45, 2.75) is 42.7 Å². The number of amides is 1.